The third-order valence-electron chi connectivity index (χ3n) is 1.89. The molecule has 0 aliphatic carbocycles. The Hall–Kier alpha value is -0.700. The van der Waals surface area contributed by atoms with Crippen molar-refractivity contribution in [1.82, 2.24) is 4.98 Å². The fraction of sp³-hybridized carbons (Fsp3) is 0.700. The fourth-order valence-corrected chi connectivity index (χ4v) is 1.23. The van der Waals surface area contributed by atoms with Crippen LogP contribution in [-0.2, 0) is 5.88 Å². The van der Waals surface area contributed by atoms with Gasteiger partial charge in [-0.15, -0.1) is 11.6 Å². The van der Waals surface area contributed by atoms with Gasteiger partial charge in [0.15, 0.2) is 0 Å². The lowest BCUT2D eigenvalue weighted by molar-refractivity contribution is 0.224. The van der Waals surface area contributed by atoms with E-state index in [0.717, 1.165) is 12.1 Å². The van der Waals surface area contributed by atoms with Crippen LogP contribution in [0.4, 0.5) is 0 Å². The number of alkyl halides is 1. The zero-order valence-electron chi connectivity index (χ0n) is 8.46. The molecule has 1 aromatic rings. The van der Waals surface area contributed by atoms with Crippen molar-refractivity contribution in [2.75, 3.05) is 6.61 Å². The molecule has 0 spiro atoms. The topological polar surface area (TPSA) is 35.3 Å². The summed E-state index contributed by atoms with van der Waals surface area (Å²) in [6, 6.07) is 0. The summed E-state index contributed by atoms with van der Waals surface area (Å²) in [5, 5.41) is 0. The molecule has 0 aliphatic heterocycles. The molecule has 1 heterocycles. The lowest BCUT2D eigenvalue weighted by Gasteiger charge is -1.99. The monoisotopic (exact) mass is 217 g/mol. The fourth-order valence-electron chi connectivity index (χ4n) is 1.10. The second-order valence-corrected chi connectivity index (χ2v) is 3.41. The minimum Gasteiger partial charge on any atom is -0.450 e. The van der Waals surface area contributed by atoms with E-state index in [1.165, 1.54) is 25.5 Å². The molecule has 0 saturated heterocycles. The average molecular weight is 218 g/mol. The van der Waals surface area contributed by atoms with E-state index in [-0.39, 0.29) is 0 Å². The Balaban J connectivity index is 2.12. The largest absolute Gasteiger partial charge is 0.450 e. The van der Waals surface area contributed by atoms with Crippen LogP contribution in [0.25, 0.3) is 0 Å². The second-order valence-electron chi connectivity index (χ2n) is 3.15. The number of oxazole rings is 1. The molecule has 0 fully saturated rings. The summed E-state index contributed by atoms with van der Waals surface area (Å²) >= 11 is 5.56. The Kier molecular flexibility index (Phi) is 5.45. The van der Waals surface area contributed by atoms with E-state index in [1.807, 2.05) is 0 Å². The average Bonchev–Trinajstić information content (AvgIpc) is 2.65. The summed E-state index contributed by atoms with van der Waals surface area (Å²) in [6.07, 6.45) is 6.58. The molecule has 4 heteroatoms. The first-order valence-corrected chi connectivity index (χ1v) is 5.53. The quantitative estimate of drug-likeness (QED) is 0.519. The Morgan fingerprint density at radius 1 is 1.43 bits per heavy atom. The van der Waals surface area contributed by atoms with Crippen molar-refractivity contribution in [3.05, 3.63) is 12.0 Å². The number of unbranched alkanes of at least 4 members (excludes halogenated alkanes) is 3. The summed E-state index contributed by atoms with van der Waals surface area (Å²) in [5.74, 6) is 0.364. The second kappa shape index (κ2) is 6.71. The van der Waals surface area contributed by atoms with Crippen LogP contribution >= 0.6 is 11.6 Å². The van der Waals surface area contributed by atoms with Crippen LogP contribution in [0.5, 0.6) is 6.08 Å². The first kappa shape index (κ1) is 11.4. The van der Waals surface area contributed by atoms with Crippen LogP contribution in [-0.4, -0.2) is 11.6 Å². The molecule has 0 saturated carbocycles. The highest BCUT2D eigenvalue weighted by atomic mass is 35.5. The molecular formula is C10H16ClNO2. The van der Waals surface area contributed by atoms with Crippen LogP contribution in [0, 0.1) is 0 Å². The highest BCUT2D eigenvalue weighted by molar-refractivity contribution is 6.16. The van der Waals surface area contributed by atoms with Gasteiger partial charge in [0, 0.05) is 0 Å². The van der Waals surface area contributed by atoms with Crippen LogP contribution in [0.2, 0.25) is 0 Å². The number of hydrogen-bond donors (Lipinski definition) is 0. The van der Waals surface area contributed by atoms with Crippen LogP contribution in [0.1, 0.15) is 38.3 Å². The molecule has 14 heavy (non-hydrogen) atoms. The summed E-state index contributed by atoms with van der Waals surface area (Å²) in [7, 11) is 0. The van der Waals surface area contributed by atoms with Crippen molar-refractivity contribution in [1.29, 1.82) is 0 Å². The molecule has 0 unspecified atom stereocenters. The van der Waals surface area contributed by atoms with Gasteiger partial charge in [-0.25, -0.2) is 0 Å². The maximum atomic E-state index is 5.56. The first-order chi connectivity index (χ1) is 6.86. The van der Waals surface area contributed by atoms with E-state index in [1.54, 1.807) is 0 Å². The van der Waals surface area contributed by atoms with E-state index >= 15 is 0 Å². The van der Waals surface area contributed by atoms with Crippen LogP contribution < -0.4 is 4.74 Å². The van der Waals surface area contributed by atoms with Crippen molar-refractivity contribution in [3.8, 4) is 6.08 Å². The van der Waals surface area contributed by atoms with Gasteiger partial charge >= 0.3 is 6.08 Å². The number of nitrogens with zero attached hydrogens (tertiary/aromatic N) is 1. The smallest absolute Gasteiger partial charge is 0.393 e. The standard InChI is InChI=1S/C10H16ClNO2/c1-2-3-4-5-6-13-10-12-9(7-11)8-14-10/h8H,2-7H2,1H3. The molecule has 0 atom stereocenters. The number of rotatable bonds is 7. The van der Waals surface area contributed by atoms with Crippen molar-refractivity contribution in [3.63, 3.8) is 0 Å². The van der Waals surface area contributed by atoms with Gasteiger partial charge in [-0.05, 0) is 6.42 Å². The minimum atomic E-state index is 0.331. The first-order valence-electron chi connectivity index (χ1n) is 5.00. The van der Waals surface area contributed by atoms with Gasteiger partial charge < -0.3 is 9.15 Å². The number of halogens is 1. The Bertz CT molecular complexity index is 250. The van der Waals surface area contributed by atoms with E-state index in [4.69, 9.17) is 20.8 Å². The molecular weight excluding hydrogens is 202 g/mol. The van der Waals surface area contributed by atoms with Crippen molar-refractivity contribution in [2.45, 2.75) is 38.5 Å². The predicted molar refractivity (Wildman–Crippen MR) is 55.7 cm³/mol. The Labute approximate surface area is 89.4 Å². The van der Waals surface area contributed by atoms with Gasteiger partial charge in [0.05, 0.1) is 18.2 Å². The lowest BCUT2D eigenvalue weighted by Crippen LogP contribution is -1.97. The minimum absolute atomic E-state index is 0.331. The van der Waals surface area contributed by atoms with E-state index in [0.29, 0.717) is 18.6 Å². The maximum absolute atomic E-state index is 5.56. The SMILES string of the molecule is CCCCCCOc1nc(CCl)co1. The maximum Gasteiger partial charge on any atom is 0.393 e. The number of ether oxygens (including phenoxy) is 1. The van der Waals surface area contributed by atoms with Gasteiger partial charge in [0.25, 0.3) is 0 Å². The third-order valence-corrected chi connectivity index (χ3v) is 2.16. The number of hydrogen-bond acceptors (Lipinski definition) is 3. The van der Waals surface area contributed by atoms with E-state index in [9.17, 15) is 0 Å². The van der Waals surface area contributed by atoms with Crippen LogP contribution in [0.15, 0.2) is 10.7 Å². The molecule has 80 valence electrons. The van der Waals surface area contributed by atoms with Crippen molar-refractivity contribution in [2.24, 2.45) is 0 Å². The molecule has 0 radical (unpaired) electrons. The van der Waals surface area contributed by atoms with Gasteiger partial charge in [-0.2, -0.15) is 4.98 Å². The predicted octanol–water partition coefficient (Wildman–Crippen LogP) is 3.37. The lowest BCUT2D eigenvalue weighted by atomic mass is 10.2. The zero-order chi connectivity index (χ0) is 10.2. The third kappa shape index (κ3) is 4.01. The molecule has 0 amide bonds. The normalized spacial score (nSPS) is 10.4. The molecule has 1 aromatic heterocycles. The molecule has 0 aromatic carbocycles. The van der Waals surface area contributed by atoms with Gasteiger partial charge in [0.2, 0.25) is 0 Å². The van der Waals surface area contributed by atoms with Crippen LogP contribution in [0.3, 0.4) is 0 Å². The zero-order valence-corrected chi connectivity index (χ0v) is 9.22. The summed E-state index contributed by atoms with van der Waals surface area (Å²) in [5.41, 5.74) is 0.718. The molecule has 0 N–H and O–H groups in total. The molecule has 1 rings (SSSR count). The van der Waals surface area contributed by atoms with Crippen molar-refractivity contribution < 1.29 is 9.15 Å². The van der Waals surface area contributed by atoms with E-state index < -0.39 is 0 Å². The molecule has 0 aliphatic rings. The van der Waals surface area contributed by atoms with E-state index in [2.05, 4.69) is 11.9 Å². The highest BCUT2D eigenvalue weighted by Crippen LogP contribution is 2.12. The van der Waals surface area contributed by atoms with Crippen molar-refractivity contribution >= 4 is 11.6 Å². The van der Waals surface area contributed by atoms with Gasteiger partial charge in [-0.3, -0.25) is 0 Å². The number of aromatic nitrogens is 1. The summed E-state index contributed by atoms with van der Waals surface area (Å²) in [4.78, 5) is 4.03. The summed E-state index contributed by atoms with van der Waals surface area (Å²) < 4.78 is 10.3. The summed E-state index contributed by atoms with van der Waals surface area (Å²) in [6.45, 7) is 2.85. The highest BCUT2D eigenvalue weighted by Gasteiger charge is 2.02. The molecule has 3 nitrogen and oxygen atoms in total. The van der Waals surface area contributed by atoms with Gasteiger partial charge in [0.1, 0.15) is 6.26 Å². The molecule has 0 bridgehead atoms. The Morgan fingerprint density at radius 3 is 2.93 bits per heavy atom. The Morgan fingerprint density at radius 2 is 2.29 bits per heavy atom. The van der Waals surface area contributed by atoms with Gasteiger partial charge in [-0.1, -0.05) is 26.2 Å².